The second-order valence-electron chi connectivity index (χ2n) is 2.98. The Hall–Kier alpha value is -1.16. The molecule has 0 spiro atoms. The van der Waals surface area contributed by atoms with E-state index >= 15 is 0 Å². The van der Waals surface area contributed by atoms with Crippen molar-refractivity contribution in [3.63, 3.8) is 0 Å². The number of hydrogen-bond donors (Lipinski definition) is 1. The maximum absolute atomic E-state index is 11.2. The SMILES string of the molecule is COC(C)(C)c1ncc[nH]c1=O. The van der Waals surface area contributed by atoms with E-state index in [1.165, 1.54) is 12.4 Å². The van der Waals surface area contributed by atoms with Gasteiger partial charge >= 0.3 is 0 Å². The number of aromatic nitrogens is 2. The molecule has 1 rings (SSSR count). The highest BCUT2D eigenvalue weighted by Crippen LogP contribution is 2.16. The Morgan fingerprint density at radius 2 is 2.25 bits per heavy atom. The molecule has 0 fully saturated rings. The molecule has 4 nitrogen and oxygen atoms in total. The standard InChI is InChI=1S/C8H12N2O2/c1-8(2,12-3)6-7(11)10-5-4-9-6/h4-5H,1-3H3,(H,10,11). The molecule has 0 amide bonds. The molecule has 1 heterocycles. The lowest BCUT2D eigenvalue weighted by molar-refractivity contribution is 0.0141. The number of ether oxygens (including phenoxy) is 1. The molecule has 12 heavy (non-hydrogen) atoms. The van der Waals surface area contributed by atoms with E-state index in [2.05, 4.69) is 9.97 Å². The zero-order valence-electron chi connectivity index (χ0n) is 7.42. The van der Waals surface area contributed by atoms with Gasteiger partial charge in [-0.2, -0.15) is 0 Å². The van der Waals surface area contributed by atoms with E-state index in [1.54, 1.807) is 21.0 Å². The predicted octanol–water partition coefficient (Wildman–Crippen LogP) is 0.651. The number of nitrogens with one attached hydrogen (secondary N) is 1. The van der Waals surface area contributed by atoms with E-state index < -0.39 is 5.60 Å². The van der Waals surface area contributed by atoms with Crippen LogP contribution < -0.4 is 5.56 Å². The van der Waals surface area contributed by atoms with Gasteiger partial charge in [0.15, 0.2) is 0 Å². The number of nitrogens with zero attached hydrogens (tertiary/aromatic N) is 1. The largest absolute Gasteiger partial charge is 0.372 e. The molecule has 0 unspecified atom stereocenters. The van der Waals surface area contributed by atoms with Crippen LogP contribution in [0.2, 0.25) is 0 Å². The lowest BCUT2D eigenvalue weighted by atomic mass is 10.1. The number of rotatable bonds is 2. The van der Waals surface area contributed by atoms with Crippen LogP contribution in [0.4, 0.5) is 0 Å². The van der Waals surface area contributed by atoms with Gasteiger partial charge in [0.25, 0.3) is 5.56 Å². The Morgan fingerprint density at radius 3 is 2.75 bits per heavy atom. The topological polar surface area (TPSA) is 55.0 Å². The van der Waals surface area contributed by atoms with E-state index in [1.807, 2.05) is 0 Å². The van der Waals surface area contributed by atoms with Crippen molar-refractivity contribution in [3.05, 3.63) is 28.4 Å². The summed E-state index contributed by atoms with van der Waals surface area (Å²) in [5.41, 5.74) is -0.439. The number of aromatic amines is 1. The third-order valence-electron chi connectivity index (χ3n) is 1.79. The third kappa shape index (κ3) is 1.53. The molecule has 0 atom stereocenters. The average Bonchev–Trinajstić information content (AvgIpc) is 2.05. The molecule has 1 aromatic heterocycles. The van der Waals surface area contributed by atoms with Gasteiger partial charge in [-0.25, -0.2) is 0 Å². The summed E-state index contributed by atoms with van der Waals surface area (Å²) < 4.78 is 5.12. The van der Waals surface area contributed by atoms with Crippen LogP contribution >= 0.6 is 0 Å². The molecule has 0 aliphatic rings. The average molecular weight is 168 g/mol. The highest BCUT2D eigenvalue weighted by Gasteiger charge is 2.24. The number of H-pyrrole nitrogens is 1. The minimum atomic E-state index is -0.630. The molecule has 0 radical (unpaired) electrons. The summed E-state index contributed by atoms with van der Waals surface area (Å²) in [6.45, 7) is 3.59. The molecule has 0 saturated heterocycles. The van der Waals surface area contributed by atoms with Crippen molar-refractivity contribution in [2.24, 2.45) is 0 Å². The van der Waals surface area contributed by atoms with Crippen LogP contribution in [0.3, 0.4) is 0 Å². The van der Waals surface area contributed by atoms with Crippen molar-refractivity contribution < 1.29 is 4.74 Å². The van der Waals surface area contributed by atoms with E-state index in [0.717, 1.165) is 0 Å². The zero-order chi connectivity index (χ0) is 9.19. The van der Waals surface area contributed by atoms with Gasteiger partial charge in [-0.05, 0) is 13.8 Å². The fourth-order valence-corrected chi connectivity index (χ4v) is 0.877. The lowest BCUT2D eigenvalue weighted by Crippen LogP contribution is -2.30. The van der Waals surface area contributed by atoms with Gasteiger partial charge in [-0.15, -0.1) is 0 Å². The van der Waals surface area contributed by atoms with Crippen molar-refractivity contribution in [1.82, 2.24) is 9.97 Å². The molecular formula is C8H12N2O2. The normalized spacial score (nSPS) is 11.6. The van der Waals surface area contributed by atoms with Crippen molar-refractivity contribution >= 4 is 0 Å². The van der Waals surface area contributed by atoms with Gasteiger partial charge in [0.1, 0.15) is 11.3 Å². The van der Waals surface area contributed by atoms with Gasteiger partial charge in [0, 0.05) is 19.5 Å². The maximum atomic E-state index is 11.2. The fourth-order valence-electron chi connectivity index (χ4n) is 0.877. The minimum absolute atomic E-state index is 0.204. The van der Waals surface area contributed by atoms with Crippen LogP contribution in [-0.4, -0.2) is 17.1 Å². The van der Waals surface area contributed by atoms with Gasteiger partial charge in [0.05, 0.1) is 0 Å². The van der Waals surface area contributed by atoms with Crippen LogP contribution in [0.1, 0.15) is 19.5 Å². The predicted molar refractivity (Wildman–Crippen MR) is 44.9 cm³/mol. The van der Waals surface area contributed by atoms with Crippen molar-refractivity contribution in [1.29, 1.82) is 0 Å². The smallest absolute Gasteiger partial charge is 0.272 e. The highest BCUT2D eigenvalue weighted by molar-refractivity contribution is 5.05. The molecule has 0 bridgehead atoms. The van der Waals surface area contributed by atoms with Crippen molar-refractivity contribution in [2.75, 3.05) is 7.11 Å². The van der Waals surface area contributed by atoms with E-state index in [0.29, 0.717) is 5.69 Å². The van der Waals surface area contributed by atoms with Crippen molar-refractivity contribution in [2.45, 2.75) is 19.4 Å². The molecule has 0 aliphatic carbocycles. The first kappa shape index (κ1) is 8.93. The van der Waals surface area contributed by atoms with Crippen LogP contribution in [0.5, 0.6) is 0 Å². The molecule has 1 N–H and O–H groups in total. The van der Waals surface area contributed by atoms with Gasteiger partial charge in [-0.3, -0.25) is 9.78 Å². The summed E-state index contributed by atoms with van der Waals surface area (Å²) in [4.78, 5) is 17.7. The van der Waals surface area contributed by atoms with Gasteiger partial charge in [0.2, 0.25) is 0 Å². The molecule has 4 heteroatoms. The Kier molecular flexibility index (Phi) is 2.28. The Morgan fingerprint density at radius 1 is 1.58 bits per heavy atom. The van der Waals surface area contributed by atoms with Crippen LogP contribution in [-0.2, 0) is 10.3 Å². The zero-order valence-corrected chi connectivity index (χ0v) is 7.42. The molecule has 0 aromatic carbocycles. The highest BCUT2D eigenvalue weighted by atomic mass is 16.5. The maximum Gasteiger partial charge on any atom is 0.272 e. The molecule has 0 saturated carbocycles. The molecule has 1 aromatic rings. The summed E-state index contributed by atoms with van der Waals surface area (Å²) >= 11 is 0. The van der Waals surface area contributed by atoms with Crippen molar-refractivity contribution in [3.8, 4) is 0 Å². The molecule has 0 aliphatic heterocycles. The monoisotopic (exact) mass is 168 g/mol. The summed E-state index contributed by atoms with van der Waals surface area (Å²) in [5, 5.41) is 0. The first-order chi connectivity index (χ1) is 5.58. The van der Waals surface area contributed by atoms with E-state index in [-0.39, 0.29) is 5.56 Å². The Bertz CT molecular complexity index is 317. The lowest BCUT2D eigenvalue weighted by Gasteiger charge is -2.20. The molecular weight excluding hydrogens is 156 g/mol. The van der Waals surface area contributed by atoms with Crippen LogP contribution in [0, 0.1) is 0 Å². The first-order valence-corrected chi connectivity index (χ1v) is 3.67. The summed E-state index contributed by atoms with van der Waals surface area (Å²) in [7, 11) is 1.55. The third-order valence-corrected chi connectivity index (χ3v) is 1.79. The summed E-state index contributed by atoms with van der Waals surface area (Å²) in [6, 6.07) is 0. The second-order valence-corrected chi connectivity index (χ2v) is 2.98. The van der Waals surface area contributed by atoms with E-state index in [4.69, 9.17) is 4.74 Å². The Labute approximate surface area is 70.6 Å². The number of methoxy groups -OCH3 is 1. The van der Waals surface area contributed by atoms with Gasteiger partial charge < -0.3 is 9.72 Å². The van der Waals surface area contributed by atoms with E-state index in [9.17, 15) is 4.79 Å². The second kappa shape index (κ2) is 3.06. The Balaban J connectivity index is 3.20. The summed E-state index contributed by atoms with van der Waals surface area (Å²) in [5.74, 6) is 0. The fraction of sp³-hybridized carbons (Fsp3) is 0.500. The van der Waals surface area contributed by atoms with Crippen LogP contribution in [0.15, 0.2) is 17.2 Å². The summed E-state index contributed by atoms with van der Waals surface area (Å²) in [6.07, 6.45) is 3.04. The minimum Gasteiger partial charge on any atom is -0.372 e. The van der Waals surface area contributed by atoms with Gasteiger partial charge in [-0.1, -0.05) is 0 Å². The number of hydrogen-bond acceptors (Lipinski definition) is 3. The quantitative estimate of drug-likeness (QED) is 0.705. The first-order valence-electron chi connectivity index (χ1n) is 3.67. The van der Waals surface area contributed by atoms with Crippen LogP contribution in [0.25, 0.3) is 0 Å². The molecule has 66 valence electrons.